The summed E-state index contributed by atoms with van der Waals surface area (Å²) in [6.45, 7) is 15.9. The number of carbonyl (C=O) groups is 1. The van der Waals surface area contributed by atoms with E-state index in [4.69, 9.17) is 4.43 Å². The van der Waals surface area contributed by atoms with Crippen LogP contribution >= 0.6 is 0 Å². The van der Waals surface area contributed by atoms with Crippen LogP contribution in [-0.2, 0) is 9.22 Å². The van der Waals surface area contributed by atoms with Gasteiger partial charge in [-0.2, -0.15) is 0 Å². The van der Waals surface area contributed by atoms with Crippen molar-refractivity contribution in [3.05, 3.63) is 0 Å². The van der Waals surface area contributed by atoms with Crippen LogP contribution in [0.4, 0.5) is 0 Å². The lowest BCUT2D eigenvalue weighted by Gasteiger charge is -2.43. The first-order chi connectivity index (χ1) is 9.15. The molecule has 1 saturated carbocycles. The van der Waals surface area contributed by atoms with Crippen molar-refractivity contribution >= 4 is 14.3 Å². The minimum absolute atomic E-state index is 0.304. The molecule has 1 aliphatic rings. The van der Waals surface area contributed by atoms with Gasteiger partial charge in [0, 0.05) is 0 Å². The SMILES string of the molecule is CC[C@@H]1C[C@]1(CO[Si](C(C)C)(C(C)C)C(C)C)C(=O)O. The Hall–Kier alpha value is -0.353. The summed E-state index contributed by atoms with van der Waals surface area (Å²) < 4.78 is 6.49. The van der Waals surface area contributed by atoms with Gasteiger partial charge in [0.1, 0.15) is 0 Å². The van der Waals surface area contributed by atoms with Gasteiger partial charge in [0.15, 0.2) is 8.32 Å². The molecule has 1 rings (SSSR count). The van der Waals surface area contributed by atoms with Crippen LogP contribution in [0.25, 0.3) is 0 Å². The van der Waals surface area contributed by atoms with Crippen molar-refractivity contribution in [2.45, 2.75) is 77.9 Å². The Morgan fingerprint density at radius 3 is 1.90 bits per heavy atom. The molecule has 3 nitrogen and oxygen atoms in total. The molecular weight excluding hydrogens is 268 g/mol. The highest BCUT2D eigenvalue weighted by Crippen LogP contribution is 2.56. The Morgan fingerprint density at radius 2 is 1.65 bits per heavy atom. The molecule has 0 aromatic rings. The van der Waals surface area contributed by atoms with Crippen LogP contribution in [0, 0.1) is 11.3 Å². The largest absolute Gasteiger partial charge is 0.481 e. The maximum atomic E-state index is 11.6. The summed E-state index contributed by atoms with van der Waals surface area (Å²) in [6, 6.07) is 0. The molecular formula is C16H32O3Si. The van der Waals surface area contributed by atoms with Gasteiger partial charge in [-0.25, -0.2) is 0 Å². The van der Waals surface area contributed by atoms with Gasteiger partial charge in [0.25, 0.3) is 0 Å². The average Bonchev–Trinajstić information content (AvgIpc) is 3.03. The minimum atomic E-state index is -1.95. The van der Waals surface area contributed by atoms with Crippen LogP contribution in [0.15, 0.2) is 0 Å². The van der Waals surface area contributed by atoms with Gasteiger partial charge in [0.2, 0.25) is 0 Å². The van der Waals surface area contributed by atoms with Crippen molar-refractivity contribution in [3.63, 3.8) is 0 Å². The highest BCUT2D eigenvalue weighted by molar-refractivity contribution is 6.77. The number of aliphatic carboxylic acids is 1. The van der Waals surface area contributed by atoms with Gasteiger partial charge >= 0.3 is 5.97 Å². The van der Waals surface area contributed by atoms with Gasteiger partial charge in [-0.3, -0.25) is 4.79 Å². The van der Waals surface area contributed by atoms with E-state index >= 15 is 0 Å². The fraction of sp³-hybridized carbons (Fsp3) is 0.938. The number of carboxylic acid groups (broad SMARTS) is 1. The summed E-state index contributed by atoms with van der Waals surface area (Å²) in [5, 5.41) is 9.55. The number of carboxylic acids is 1. The molecule has 2 atom stereocenters. The normalized spacial score (nSPS) is 26.6. The van der Waals surface area contributed by atoms with Crippen LogP contribution in [0.3, 0.4) is 0 Å². The minimum Gasteiger partial charge on any atom is -0.481 e. The van der Waals surface area contributed by atoms with Crippen molar-refractivity contribution < 1.29 is 14.3 Å². The first-order valence-electron chi connectivity index (χ1n) is 8.02. The molecule has 0 unspecified atom stereocenters. The van der Waals surface area contributed by atoms with Gasteiger partial charge in [-0.15, -0.1) is 0 Å². The van der Waals surface area contributed by atoms with Crippen LogP contribution in [0.1, 0.15) is 61.3 Å². The molecule has 0 saturated heterocycles. The van der Waals surface area contributed by atoms with Gasteiger partial charge in [-0.1, -0.05) is 54.9 Å². The molecule has 1 aliphatic carbocycles. The second-order valence-corrected chi connectivity index (χ2v) is 12.8. The molecule has 0 spiro atoms. The molecule has 1 fully saturated rings. The van der Waals surface area contributed by atoms with E-state index in [0.29, 0.717) is 29.1 Å². The average molecular weight is 301 g/mol. The van der Waals surface area contributed by atoms with E-state index < -0.39 is 19.7 Å². The van der Waals surface area contributed by atoms with Gasteiger partial charge in [0.05, 0.1) is 12.0 Å². The Bertz CT molecular complexity index is 330. The molecule has 0 aromatic heterocycles. The quantitative estimate of drug-likeness (QED) is 0.662. The molecule has 0 amide bonds. The van der Waals surface area contributed by atoms with Crippen LogP contribution in [0.5, 0.6) is 0 Å². The van der Waals surface area contributed by atoms with E-state index in [1.54, 1.807) is 0 Å². The van der Waals surface area contributed by atoms with Crippen molar-refractivity contribution in [2.24, 2.45) is 11.3 Å². The van der Waals surface area contributed by atoms with Crippen molar-refractivity contribution in [1.29, 1.82) is 0 Å². The molecule has 1 N–H and O–H groups in total. The lowest BCUT2D eigenvalue weighted by molar-refractivity contribution is -0.145. The molecule has 0 aliphatic heterocycles. The van der Waals surface area contributed by atoms with Crippen molar-refractivity contribution in [1.82, 2.24) is 0 Å². The van der Waals surface area contributed by atoms with Gasteiger partial charge < -0.3 is 9.53 Å². The van der Waals surface area contributed by atoms with E-state index in [0.717, 1.165) is 12.8 Å². The second-order valence-electron chi connectivity index (χ2n) is 7.38. The van der Waals surface area contributed by atoms with Crippen molar-refractivity contribution in [2.75, 3.05) is 6.61 Å². The smallest absolute Gasteiger partial charge is 0.312 e. The van der Waals surface area contributed by atoms with E-state index in [2.05, 4.69) is 48.5 Å². The second kappa shape index (κ2) is 6.18. The molecule has 20 heavy (non-hydrogen) atoms. The Balaban J connectivity index is 2.90. The molecule has 118 valence electrons. The first kappa shape index (κ1) is 17.7. The lowest BCUT2D eigenvalue weighted by atomic mass is 10.0. The summed E-state index contributed by atoms with van der Waals surface area (Å²) in [5.74, 6) is -0.360. The maximum absolute atomic E-state index is 11.6. The fourth-order valence-electron chi connectivity index (χ4n) is 4.17. The van der Waals surface area contributed by atoms with Crippen LogP contribution < -0.4 is 0 Å². The first-order valence-corrected chi connectivity index (χ1v) is 10.2. The maximum Gasteiger partial charge on any atom is 0.312 e. The topological polar surface area (TPSA) is 46.5 Å². The molecule has 0 heterocycles. The zero-order valence-corrected chi connectivity index (χ0v) is 15.2. The number of hydrogen-bond acceptors (Lipinski definition) is 2. The summed E-state index contributed by atoms with van der Waals surface area (Å²) in [7, 11) is -1.95. The highest BCUT2D eigenvalue weighted by atomic mass is 28.4. The molecule has 4 heteroatoms. The lowest BCUT2D eigenvalue weighted by Crippen LogP contribution is -2.49. The predicted molar refractivity (Wildman–Crippen MR) is 85.5 cm³/mol. The summed E-state index contributed by atoms with van der Waals surface area (Å²) in [5.41, 5.74) is 0.928. The molecule has 0 aromatic carbocycles. The van der Waals surface area contributed by atoms with E-state index in [-0.39, 0.29) is 0 Å². The van der Waals surface area contributed by atoms with Crippen LogP contribution in [-0.4, -0.2) is 26.0 Å². The van der Waals surface area contributed by atoms with Gasteiger partial charge in [-0.05, 0) is 29.0 Å². The van der Waals surface area contributed by atoms with E-state index in [1.807, 2.05) is 0 Å². The highest BCUT2D eigenvalue weighted by Gasteiger charge is 2.61. The third kappa shape index (κ3) is 2.82. The third-order valence-corrected chi connectivity index (χ3v) is 11.5. The zero-order valence-electron chi connectivity index (χ0n) is 14.2. The Labute approximate surface area is 125 Å². The monoisotopic (exact) mass is 300 g/mol. The fourth-order valence-corrected chi connectivity index (χ4v) is 9.68. The van der Waals surface area contributed by atoms with E-state index in [1.165, 1.54) is 0 Å². The standard InChI is InChI=1S/C16H32O3Si/c1-8-14-9-16(14,15(17)18)10-19-20(11(2)3,12(4)5)13(6)7/h11-14H,8-10H2,1-7H3,(H,17,18)/t14-,16-/m1/s1. The predicted octanol–water partition coefficient (Wildman–Crippen LogP) is 4.68. The molecule has 0 radical (unpaired) electrons. The Kier molecular flexibility index (Phi) is 5.47. The summed E-state index contributed by atoms with van der Waals surface area (Å²) in [4.78, 5) is 11.6. The third-order valence-electron chi connectivity index (χ3n) is 5.44. The Morgan fingerprint density at radius 1 is 1.20 bits per heavy atom. The zero-order chi connectivity index (χ0) is 15.7. The number of rotatable bonds is 8. The van der Waals surface area contributed by atoms with Crippen LogP contribution in [0.2, 0.25) is 16.6 Å². The van der Waals surface area contributed by atoms with Crippen molar-refractivity contribution in [3.8, 4) is 0 Å². The summed E-state index contributed by atoms with van der Waals surface area (Å²) in [6.07, 6.45) is 1.73. The number of hydrogen-bond donors (Lipinski definition) is 1. The summed E-state index contributed by atoms with van der Waals surface area (Å²) >= 11 is 0. The van der Waals surface area contributed by atoms with E-state index in [9.17, 15) is 9.90 Å². The molecule has 0 bridgehead atoms.